The van der Waals surface area contributed by atoms with Crippen molar-refractivity contribution in [2.75, 3.05) is 26.3 Å². The van der Waals surface area contributed by atoms with Crippen molar-refractivity contribution in [1.29, 1.82) is 0 Å². The number of morpholine rings is 1. The molecule has 0 aliphatic carbocycles. The first-order valence-corrected chi connectivity index (χ1v) is 6.93. The molecule has 1 heterocycles. The number of rotatable bonds is 4. The van der Waals surface area contributed by atoms with E-state index in [0.717, 1.165) is 0 Å². The van der Waals surface area contributed by atoms with Crippen LogP contribution < -0.4 is 4.74 Å². The molecular formula is C14H16ClNO5. The van der Waals surface area contributed by atoms with E-state index in [-0.39, 0.29) is 22.2 Å². The van der Waals surface area contributed by atoms with E-state index in [1.165, 1.54) is 18.2 Å². The maximum absolute atomic E-state index is 12.2. The lowest BCUT2D eigenvalue weighted by Gasteiger charge is -2.29. The highest BCUT2D eigenvalue weighted by molar-refractivity contribution is 6.32. The number of carbonyl (C=O) groups excluding carboxylic acids is 1. The van der Waals surface area contributed by atoms with Gasteiger partial charge in [-0.1, -0.05) is 17.7 Å². The molecule has 0 bridgehead atoms. The third kappa shape index (κ3) is 3.65. The Bertz CT molecular complexity index is 542. The van der Waals surface area contributed by atoms with Crippen molar-refractivity contribution in [3.05, 3.63) is 28.8 Å². The van der Waals surface area contributed by atoms with E-state index in [0.29, 0.717) is 26.3 Å². The topological polar surface area (TPSA) is 76.1 Å². The summed E-state index contributed by atoms with van der Waals surface area (Å²) in [4.78, 5) is 25.1. The van der Waals surface area contributed by atoms with Gasteiger partial charge in [-0.25, -0.2) is 4.79 Å². The molecule has 0 spiro atoms. The molecule has 1 atom stereocenters. The van der Waals surface area contributed by atoms with Crippen LogP contribution in [0, 0.1) is 0 Å². The summed E-state index contributed by atoms with van der Waals surface area (Å²) < 4.78 is 10.7. The third-order valence-electron chi connectivity index (χ3n) is 3.16. The second-order valence-corrected chi connectivity index (χ2v) is 5.03. The zero-order valence-electron chi connectivity index (χ0n) is 11.5. The van der Waals surface area contributed by atoms with Crippen molar-refractivity contribution >= 4 is 23.5 Å². The van der Waals surface area contributed by atoms with Gasteiger partial charge in [-0.15, -0.1) is 0 Å². The fourth-order valence-electron chi connectivity index (χ4n) is 2.07. The summed E-state index contributed by atoms with van der Waals surface area (Å²) in [5.41, 5.74) is -0.0656. The van der Waals surface area contributed by atoms with Crippen molar-refractivity contribution in [1.82, 2.24) is 4.90 Å². The summed E-state index contributed by atoms with van der Waals surface area (Å²) in [6, 6.07) is 4.43. The van der Waals surface area contributed by atoms with Gasteiger partial charge in [0.15, 0.2) is 11.9 Å². The highest BCUT2D eigenvalue weighted by atomic mass is 35.5. The number of nitrogens with zero attached hydrogens (tertiary/aromatic N) is 1. The van der Waals surface area contributed by atoms with Crippen LogP contribution in [-0.2, 0) is 9.53 Å². The maximum atomic E-state index is 12.2. The van der Waals surface area contributed by atoms with E-state index in [4.69, 9.17) is 26.2 Å². The third-order valence-corrected chi connectivity index (χ3v) is 3.46. The first-order chi connectivity index (χ1) is 10.0. The average Bonchev–Trinajstić information content (AvgIpc) is 2.49. The Kier molecular flexibility index (Phi) is 5.03. The Morgan fingerprint density at radius 3 is 2.67 bits per heavy atom. The van der Waals surface area contributed by atoms with Crippen molar-refractivity contribution in [2.24, 2.45) is 0 Å². The van der Waals surface area contributed by atoms with E-state index < -0.39 is 12.1 Å². The summed E-state index contributed by atoms with van der Waals surface area (Å²) in [6.45, 7) is 3.56. The van der Waals surface area contributed by atoms with E-state index in [2.05, 4.69) is 0 Å². The molecule has 1 amide bonds. The van der Waals surface area contributed by atoms with Crippen LogP contribution in [0.15, 0.2) is 18.2 Å². The fourth-order valence-corrected chi connectivity index (χ4v) is 2.28. The zero-order valence-corrected chi connectivity index (χ0v) is 12.3. The smallest absolute Gasteiger partial charge is 0.339 e. The number of carboxylic acids is 1. The van der Waals surface area contributed by atoms with Gasteiger partial charge >= 0.3 is 5.97 Å². The van der Waals surface area contributed by atoms with Crippen LogP contribution in [0.5, 0.6) is 5.75 Å². The summed E-state index contributed by atoms with van der Waals surface area (Å²) in [5, 5.41) is 9.30. The molecular weight excluding hydrogens is 298 g/mol. The minimum atomic E-state index is -1.15. The van der Waals surface area contributed by atoms with Crippen molar-refractivity contribution in [3.63, 3.8) is 0 Å². The molecule has 1 aliphatic rings. The van der Waals surface area contributed by atoms with Crippen LogP contribution >= 0.6 is 11.6 Å². The Labute approximate surface area is 127 Å². The second kappa shape index (κ2) is 6.78. The Morgan fingerprint density at radius 2 is 2.05 bits per heavy atom. The lowest BCUT2D eigenvalue weighted by Crippen LogP contribution is -2.46. The number of para-hydroxylation sites is 1. The summed E-state index contributed by atoms with van der Waals surface area (Å²) in [7, 11) is 0. The highest BCUT2D eigenvalue weighted by Crippen LogP contribution is 2.29. The van der Waals surface area contributed by atoms with Gasteiger partial charge in [-0.05, 0) is 19.1 Å². The molecule has 0 aromatic heterocycles. The van der Waals surface area contributed by atoms with Crippen LogP contribution in [0.4, 0.5) is 0 Å². The average molecular weight is 314 g/mol. The van der Waals surface area contributed by atoms with Crippen LogP contribution in [0.3, 0.4) is 0 Å². The predicted molar refractivity (Wildman–Crippen MR) is 75.9 cm³/mol. The standard InChI is InChI=1S/C14H16ClNO5/c1-9(13(17)16-5-7-20-8-6-16)21-12-10(14(18)19)3-2-4-11(12)15/h2-4,9H,5-8H2,1H3,(H,18,19). The summed E-state index contributed by atoms with van der Waals surface area (Å²) in [6.07, 6.45) is -0.818. The SMILES string of the molecule is CC(Oc1c(Cl)cccc1C(=O)O)C(=O)N1CCOCC1. The number of carbonyl (C=O) groups is 2. The first kappa shape index (κ1) is 15.6. The van der Waals surface area contributed by atoms with E-state index >= 15 is 0 Å². The summed E-state index contributed by atoms with van der Waals surface area (Å²) >= 11 is 5.97. The molecule has 2 rings (SSSR count). The van der Waals surface area contributed by atoms with E-state index in [1.807, 2.05) is 0 Å². The Balaban J connectivity index is 2.13. The molecule has 0 radical (unpaired) electrons. The molecule has 1 fully saturated rings. The van der Waals surface area contributed by atoms with E-state index in [9.17, 15) is 9.59 Å². The number of hydrogen-bond donors (Lipinski definition) is 1. The second-order valence-electron chi connectivity index (χ2n) is 4.62. The minimum absolute atomic E-state index is 0.0146. The zero-order chi connectivity index (χ0) is 15.4. The number of carboxylic acid groups (broad SMARTS) is 1. The van der Waals surface area contributed by atoms with Gasteiger partial charge in [0, 0.05) is 13.1 Å². The van der Waals surface area contributed by atoms with Crippen LogP contribution in [0.1, 0.15) is 17.3 Å². The van der Waals surface area contributed by atoms with Crippen LogP contribution in [0.2, 0.25) is 5.02 Å². The van der Waals surface area contributed by atoms with Crippen molar-refractivity contribution < 1.29 is 24.2 Å². The largest absolute Gasteiger partial charge is 0.478 e. The first-order valence-electron chi connectivity index (χ1n) is 6.55. The lowest BCUT2D eigenvalue weighted by molar-refractivity contribution is -0.142. The molecule has 1 aliphatic heterocycles. The molecule has 1 aromatic rings. The van der Waals surface area contributed by atoms with Crippen LogP contribution in [-0.4, -0.2) is 54.3 Å². The lowest BCUT2D eigenvalue weighted by atomic mass is 10.2. The number of halogens is 1. The number of benzene rings is 1. The van der Waals surface area contributed by atoms with Crippen LogP contribution in [0.25, 0.3) is 0 Å². The molecule has 6 nitrogen and oxygen atoms in total. The molecule has 1 N–H and O–H groups in total. The Hall–Kier alpha value is -1.79. The molecule has 21 heavy (non-hydrogen) atoms. The molecule has 1 aromatic carbocycles. The maximum Gasteiger partial charge on any atom is 0.339 e. The van der Waals surface area contributed by atoms with Gasteiger partial charge in [-0.3, -0.25) is 4.79 Å². The van der Waals surface area contributed by atoms with Gasteiger partial charge < -0.3 is 19.5 Å². The molecule has 0 saturated carbocycles. The van der Waals surface area contributed by atoms with Crippen molar-refractivity contribution in [3.8, 4) is 5.75 Å². The normalized spacial score (nSPS) is 16.4. The number of ether oxygens (including phenoxy) is 2. The molecule has 7 heteroatoms. The minimum Gasteiger partial charge on any atom is -0.478 e. The number of hydrogen-bond acceptors (Lipinski definition) is 4. The quantitative estimate of drug-likeness (QED) is 0.915. The van der Waals surface area contributed by atoms with Gasteiger partial charge in [0.1, 0.15) is 5.56 Å². The monoisotopic (exact) mass is 313 g/mol. The molecule has 114 valence electrons. The predicted octanol–water partition coefficient (Wildman–Crippen LogP) is 1.66. The van der Waals surface area contributed by atoms with Gasteiger partial charge in [-0.2, -0.15) is 0 Å². The molecule has 1 saturated heterocycles. The molecule has 1 unspecified atom stereocenters. The van der Waals surface area contributed by atoms with Crippen molar-refractivity contribution in [2.45, 2.75) is 13.0 Å². The number of aromatic carboxylic acids is 1. The van der Waals surface area contributed by atoms with E-state index in [1.54, 1.807) is 11.8 Å². The van der Waals surface area contributed by atoms with Gasteiger partial charge in [0.25, 0.3) is 5.91 Å². The Morgan fingerprint density at radius 1 is 1.38 bits per heavy atom. The van der Waals surface area contributed by atoms with Gasteiger partial charge in [0.2, 0.25) is 0 Å². The number of amides is 1. The fraction of sp³-hybridized carbons (Fsp3) is 0.429. The summed E-state index contributed by atoms with van der Waals surface area (Å²) in [5.74, 6) is -1.35. The van der Waals surface area contributed by atoms with Gasteiger partial charge in [0.05, 0.1) is 18.2 Å². The highest BCUT2D eigenvalue weighted by Gasteiger charge is 2.26.